The van der Waals surface area contributed by atoms with E-state index in [0.717, 1.165) is 5.57 Å². The van der Waals surface area contributed by atoms with Crippen molar-refractivity contribution in [3.8, 4) is 0 Å². The summed E-state index contributed by atoms with van der Waals surface area (Å²) in [7, 11) is 0. The lowest BCUT2D eigenvalue weighted by Gasteiger charge is -2.01. The topological polar surface area (TPSA) is 0 Å². The Labute approximate surface area is 81.6 Å². The number of benzene rings is 1. The van der Waals surface area contributed by atoms with Crippen LogP contribution in [0.1, 0.15) is 31.9 Å². The molecule has 0 unspecified atom stereocenters. The molecule has 1 aromatic rings. The zero-order valence-corrected chi connectivity index (χ0v) is 8.89. The molecule has 1 rings (SSSR count). The first-order valence-electron chi connectivity index (χ1n) is 4.62. The molecule has 0 aliphatic rings. The number of allylic oxidation sites excluding steroid dienone is 1. The summed E-state index contributed by atoms with van der Waals surface area (Å²) < 4.78 is 0. The molecule has 0 nitrogen and oxygen atoms in total. The Morgan fingerprint density at radius 1 is 1.23 bits per heavy atom. The van der Waals surface area contributed by atoms with E-state index in [9.17, 15) is 0 Å². The predicted molar refractivity (Wildman–Crippen MR) is 59.4 cm³/mol. The van der Waals surface area contributed by atoms with Crippen LogP contribution in [-0.4, -0.2) is 0 Å². The Hall–Kier alpha value is -1.26. The maximum Gasteiger partial charge on any atom is -0.00161 e. The van der Waals surface area contributed by atoms with Crippen LogP contribution in [0, 0.1) is 13.5 Å². The van der Waals surface area contributed by atoms with Crippen molar-refractivity contribution in [3.63, 3.8) is 0 Å². The second-order valence-corrected chi connectivity index (χ2v) is 2.58. The van der Waals surface area contributed by atoms with Crippen molar-refractivity contribution in [2.45, 2.75) is 27.7 Å². The lowest BCUT2D eigenvalue weighted by Crippen LogP contribution is -1.82. The quantitative estimate of drug-likeness (QED) is 0.563. The third-order valence-corrected chi connectivity index (χ3v) is 1.77. The van der Waals surface area contributed by atoms with Crippen LogP contribution in [0.3, 0.4) is 0 Å². The first-order chi connectivity index (χ1) is 6.25. The van der Waals surface area contributed by atoms with Crippen molar-refractivity contribution in [1.29, 1.82) is 0 Å². The van der Waals surface area contributed by atoms with Crippen molar-refractivity contribution >= 4 is 5.57 Å². The molecule has 0 heterocycles. The minimum atomic E-state index is 1.00. The van der Waals surface area contributed by atoms with Crippen LogP contribution in [0.4, 0.5) is 0 Å². The van der Waals surface area contributed by atoms with Gasteiger partial charge in [0.1, 0.15) is 0 Å². The molecule has 0 aliphatic carbocycles. The monoisotopic (exact) mass is 173 g/mol. The van der Waals surface area contributed by atoms with Crippen LogP contribution in [0.2, 0.25) is 0 Å². The number of rotatable bonds is 1. The fourth-order valence-corrected chi connectivity index (χ4v) is 1.07. The van der Waals surface area contributed by atoms with Gasteiger partial charge in [-0.3, -0.25) is 0 Å². The van der Waals surface area contributed by atoms with Crippen LogP contribution in [0.15, 0.2) is 30.0 Å². The van der Waals surface area contributed by atoms with Crippen LogP contribution < -0.4 is 0 Å². The SMILES string of the molecule is CC.[CH]=C=C(C)c1ccccc1C. The third kappa shape index (κ3) is 3.31. The summed E-state index contributed by atoms with van der Waals surface area (Å²) in [5.41, 5.74) is 6.06. The average molecular weight is 173 g/mol. The van der Waals surface area contributed by atoms with Crippen molar-refractivity contribution in [3.05, 3.63) is 47.7 Å². The van der Waals surface area contributed by atoms with E-state index in [0.29, 0.717) is 0 Å². The Kier molecular flexibility index (Phi) is 5.67. The van der Waals surface area contributed by atoms with Crippen LogP contribution in [0.5, 0.6) is 0 Å². The summed E-state index contributed by atoms with van der Waals surface area (Å²) >= 11 is 0. The average Bonchev–Trinajstić information content (AvgIpc) is 2.20. The molecule has 1 radical (unpaired) electrons. The lowest BCUT2D eigenvalue weighted by atomic mass is 10.0. The van der Waals surface area contributed by atoms with Gasteiger partial charge in [0.25, 0.3) is 0 Å². The van der Waals surface area contributed by atoms with Crippen molar-refractivity contribution < 1.29 is 0 Å². The molecular weight excluding hydrogens is 156 g/mol. The summed E-state index contributed by atoms with van der Waals surface area (Å²) in [5.74, 6) is 0. The molecule has 0 amide bonds. The molecule has 0 bridgehead atoms. The zero-order chi connectivity index (χ0) is 10.3. The molecule has 69 valence electrons. The van der Waals surface area contributed by atoms with Gasteiger partial charge in [0.15, 0.2) is 0 Å². The summed E-state index contributed by atoms with van der Waals surface area (Å²) in [6, 6.07) is 8.13. The highest BCUT2D eigenvalue weighted by molar-refractivity contribution is 5.65. The van der Waals surface area contributed by atoms with Gasteiger partial charge in [0, 0.05) is 0 Å². The number of hydrogen-bond acceptors (Lipinski definition) is 0. The van der Waals surface area contributed by atoms with Gasteiger partial charge in [-0.25, -0.2) is 0 Å². The molecule has 0 saturated heterocycles. The van der Waals surface area contributed by atoms with Gasteiger partial charge in [-0.1, -0.05) is 38.1 Å². The molecule has 0 aliphatic heterocycles. The number of aryl methyl sites for hydroxylation is 1. The van der Waals surface area contributed by atoms with Crippen LogP contribution >= 0.6 is 0 Å². The van der Waals surface area contributed by atoms with Crippen LogP contribution in [0.25, 0.3) is 5.57 Å². The highest BCUT2D eigenvalue weighted by atomic mass is 14.0. The van der Waals surface area contributed by atoms with Crippen molar-refractivity contribution in [1.82, 2.24) is 0 Å². The molecule has 0 N–H and O–H groups in total. The minimum absolute atomic E-state index is 1.00. The molecule has 0 spiro atoms. The first kappa shape index (κ1) is 11.7. The fourth-order valence-electron chi connectivity index (χ4n) is 1.07. The van der Waals surface area contributed by atoms with E-state index < -0.39 is 0 Å². The summed E-state index contributed by atoms with van der Waals surface area (Å²) in [4.78, 5) is 0. The van der Waals surface area contributed by atoms with Gasteiger partial charge in [0.05, 0.1) is 0 Å². The Morgan fingerprint density at radius 3 is 2.23 bits per heavy atom. The van der Waals surface area contributed by atoms with Gasteiger partial charge in [-0.15, -0.1) is 5.73 Å². The summed E-state index contributed by atoms with van der Waals surface area (Å²) in [6.45, 7) is 13.3. The Morgan fingerprint density at radius 2 is 1.77 bits per heavy atom. The van der Waals surface area contributed by atoms with Gasteiger partial charge in [0.2, 0.25) is 0 Å². The lowest BCUT2D eigenvalue weighted by molar-refractivity contribution is 1.41. The largest absolute Gasteiger partial charge is 0.116 e. The second kappa shape index (κ2) is 6.28. The van der Waals surface area contributed by atoms with E-state index in [2.05, 4.69) is 18.7 Å². The highest BCUT2D eigenvalue weighted by Gasteiger charge is 1.96. The molecule has 0 aromatic heterocycles. The van der Waals surface area contributed by atoms with Gasteiger partial charge in [-0.2, -0.15) is 0 Å². The Bertz CT molecular complexity index is 302. The third-order valence-electron chi connectivity index (χ3n) is 1.77. The van der Waals surface area contributed by atoms with E-state index in [1.54, 1.807) is 0 Å². The fraction of sp³-hybridized carbons (Fsp3) is 0.308. The van der Waals surface area contributed by atoms with Gasteiger partial charge in [-0.05, 0) is 37.1 Å². The van der Waals surface area contributed by atoms with Crippen molar-refractivity contribution in [2.75, 3.05) is 0 Å². The second-order valence-electron chi connectivity index (χ2n) is 2.58. The zero-order valence-electron chi connectivity index (χ0n) is 8.89. The predicted octanol–water partition coefficient (Wildman–Crippen LogP) is 4.01. The maximum absolute atomic E-state index is 5.29. The van der Waals surface area contributed by atoms with Gasteiger partial charge < -0.3 is 0 Å². The van der Waals surface area contributed by atoms with Gasteiger partial charge >= 0.3 is 0 Å². The van der Waals surface area contributed by atoms with E-state index >= 15 is 0 Å². The molecular formula is C13H17. The van der Waals surface area contributed by atoms with Crippen LogP contribution in [-0.2, 0) is 0 Å². The molecule has 0 atom stereocenters. The van der Waals surface area contributed by atoms with Crippen molar-refractivity contribution in [2.24, 2.45) is 0 Å². The standard InChI is InChI=1S/C11H11.C2H6/c1-4-9(2)11-8-6-5-7-10(11)3;1-2/h1,5-8H,2-3H3;1-2H3. The molecule has 0 fully saturated rings. The smallest absolute Gasteiger partial charge is 0.00161 e. The molecule has 0 heteroatoms. The molecule has 13 heavy (non-hydrogen) atoms. The first-order valence-corrected chi connectivity index (χ1v) is 4.62. The Balaban J connectivity index is 0.000000671. The summed E-state index contributed by atoms with van der Waals surface area (Å²) in [5, 5.41) is 0. The van der Waals surface area contributed by atoms with E-state index in [1.165, 1.54) is 11.1 Å². The summed E-state index contributed by atoms with van der Waals surface area (Å²) in [6.07, 6.45) is 0. The van der Waals surface area contributed by atoms with E-state index in [4.69, 9.17) is 6.58 Å². The highest BCUT2D eigenvalue weighted by Crippen LogP contribution is 2.15. The molecule has 0 saturated carbocycles. The normalized spacial score (nSPS) is 8.00. The number of hydrogen-bond donors (Lipinski definition) is 0. The molecule has 1 aromatic carbocycles. The van der Waals surface area contributed by atoms with E-state index in [-0.39, 0.29) is 0 Å². The minimum Gasteiger partial charge on any atom is -0.116 e. The van der Waals surface area contributed by atoms with E-state index in [1.807, 2.05) is 39.0 Å². The maximum atomic E-state index is 5.29.